The smallest absolute Gasteiger partial charge is 0.161 e. The fourth-order valence-corrected chi connectivity index (χ4v) is 1.98. The number of nitrogens with zero attached hydrogens (tertiary/aromatic N) is 1. The molecular weight excluding hydrogens is 230 g/mol. The first kappa shape index (κ1) is 12.7. The molecule has 0 aliphatic carbocycles. The Kier molecular flexibility index (Phi) is 4.43. The Morgan fingerprint density at radius 2 is 2.11 bits per heavy atom. The summed E-state index contributed by atoms with van der Waals surface area (Å²) in [6, 6.07) is 7.76. The molecule has 0 radical (unpaired) electrons. The van der Waals surface area contributed by atoms with Gasteiger partial charge in [0.1, 0.15) is 6.10 Å². The minimum absolute atomic E-state index is 0.189. The number of ether oxygens (including phenoxy) is 3. The normalized spacial score (nSPS) is 16.0. The first-order chi connectivity index (χ1) is 8.83. The second kappa shape index (κ2) is 6.27. The largest absolute Gasteiger partial charge is 0.493 e. The summed E-state index contributed by atoms with van der Waals surface area (Å²) in [6.07, 6.45) is 2.38. The summed E-state index contributed by atoms with van der Waals surface area (Å²) >= 11 is 0. The van der Waals surface area contributed by atoms with Gasteiger partial charge in [-0.2, -0.15) is 5.26 Å². The highest BCUT2D eigenvalue weighted by atomic mass is 16.5. The highest BCUT2D eigenvalue weighted by Gasteiger charge is 2.17. The number of benzene rings is 1. The average molecular weight is 247 g/mol. The monoisotopic (exact) mass is 247 g/mol. The SMILES string of the molecule is COc1cc(CC#N)ccc1OC1CCOCC1. The first-order valence-electron chi connectivity index (χ1n) is 6.11. The number of methoxy groups -OCH3 is 1. The lowest BCUT2D eigenvalue weighted by molar-refractivity contribution is 0.0245. The van der Waals surface area contributed by atoms with Crippen molar-refractivity contribution in [2.45, 2.75) is 25.4 Å². The van der Waals surface area contributed by atoms with Crippen LogP contribution >= 0.6 is 0 Å². The maximum Gasteiger partial charge on any atom is 0.161 e. The van der Waals surface area contributed by atoms with E-state index in [2.05, 4.69) is 6.07 Å². The molecule has 4 heteroatoms. The molecule has 1 aromatic carbocycles. The molecule has 2 rings (SSSR count). The van der Waals surface area contributed by atoms with Crippen molar-refractivity contribution in [2.75, 3.05) is 20.3 Å². The van der Waals surface area contributed by atoms with Crippen LogP contribution in [0.3, 0.4) is 0 Å². The van der Waals surface area contributed by atoms with Gasteiger partial charge in [0.2, 0.25) is 0 Å². The third-order valence-electron chi connectivity index (χ3n) is 2.97. The summed E-state index contributed by atoms with van der Waals surface area (Å²) < 4.78 is 16.5. The van der Waals surface area contributed by atoms with Crippen LogP contribution in [0.25, 0.3) is 0 Å². The highest BCUT2D eigenvalue weighted by Crippen LogP contribution is 2.30. The molecule has 0 N–H and O–H groups in total. The zero-order chi connectivity index (χ0) is 12.8. The lowest BCUT2D eigenvalue weighted by atomic mass is 10.1. The maximum atomic E-state index is 8.68. The van der Waals surface area contributed by atoms with Gasteiger partial charge in [0.25, 0.3) is 0 Å². The third kappa shape index (κ3) is 3.14. The molecule has 0 spiro atoms. The van der Waals surface area contributed by atoms with Crippen LogP contribution < -0.4 is 9.47 Å². The molecule has 0 unspecified atom stereocenters. The van der Waals surface area contributed by atoms with E-state index in [-0.39, 0.29) is 6.10 Å². The van der Waals surface area contributed by atoms with Gasteiger partial charge < -0.3 is 14.2 Å². The minimum atomic E-state index is 0.189. The number of hydrogen-bond acceptors (Lipinski definition) is 4. The van der Waals surface area contributed by atoms with E-state index < -0.39 is 0 Å². The van der Waals surface area contributed by atoms with Crippen molar-refractivity contribution in [2.24, 2.45) is 0 Å². The summed E-state index contributed by atoms with van der Waals surface area (Å²) in [6.45, 7) is 1.50. The van der Waals surface area contributed by atoms with Crippen molar-refractivity contribution in [3.05, 3.63) is 23.8 Å². The molecule has 0 aromatic heterocycles. The third-order valence-corrected chi connectivity index (χ3v) is 2.97. The first-order valence-corrected chi connectivity index (χ1v) is 6.11. The molecular formula is C14H17NO3. The van der Waals surface area contributed by atoms with Crippen molar-refractivity contribution in [1.82, 2.24) is 0 Å². The van der Waals surface area contributed by atoms with Gasteiger partial charge in [-0.25, -0.2) is 0 Å². The van der Waals surface area contributed by atoms with Crippen LogP contribution in [-0.2, 0) is 11.2 Å². The lowest BCUT2D eigenvalue weighted by Crippen LogP contribution is -2.26. The molecule has 0 bridgehead atoms. The molecule has 18 heavy (non-hydrogen) atoms. The quantitative estimate of drug-likeness (QED) is 0.819. The van der Waals surface area contributed by atoms with E-state index in [1.807, 2.05) is 18.2 Å². The van der Waals surface area contributed by atoms with Crippen molar-refractivity contribution < 1.29 is 14.2 Å². The topological polar surface area (TPSA) is 51.5 Å². The molecule has 1 aliphatic rings. The van der Waals surface area contributed by atoms with Crippen molar-refractivity contribution >= 4 is 0 Å². The Bertz CT molecular complexity index is 433. The van der Waals surface area contributed by atoms with Crippen LogP contribution in [0.1, 0.15) is 18.4 Å². The Labute approximate surface area is 107 Å². The van der Waals surface area contributed by atoms with Crippen LogP contribution in [0.15, 0.2) is 18.2 Å². The Hall–Kier alpha value is -1.73. The van der Waals surface area contributed by atoms with Crippen LogP contribution in [-0.4, -0.2) is 26.4 Å². The van der Waals surface area contributed by atoms with Crippen LogP contribution in [0.2, 0.25) is 0 Å². The summed E-state index contributed by atoms with van der Waals surface area (Å²) in [7, 11) is 1.61. The van der Waals surface area contributed by atoms with E-state index in [1.165, 1.54) is 0 Å². The number of hydrogen-bond donors (Lipinski definition) is 0. The van der Waals surface area contributed by atoms with Gasteiger partial charge in [-0.15, -0.1) is 0 Å². The molecule has 0 amide bonds. The van der Waals surface area contributed by atoms with Gasteiger partial charge in [-0.3, -0.25) is 0 Å². The predicted molar refractivity (Wildman–Crippen MR) is 66.8 cm³/mol. The lowest BCUT2D eigenvalue weighted by Gasteiger charge is -2.24. The van der Waals surface area contributed by atoms with Crippen LogP contribution in [0.4, 0.5) is 0 Å². The summed E-state index contributed by atoms with van der Waals surface area (Å²) in [5.74, 6) is 1.43. The molecule has 1 heterocycles. The number of nitriles is 1. The fourth-order valence-electron chi connectivity index (χ4n) is 1.98. The van der Waals surface area contributed by atoms with Gasteiger partial charge >= 0.3 is 0 Å². The van der Waals surface area contributed by atoms with E-state index in [9.17, 15) is 0 Å². The van der Waals surface area contributed by atoms with Crippen molar-refractivity contribution in [1.29, 1.82) is 5.26 Å². The molecule has 1 fully saturated rings. The van der Waals surface area contributed by atoms with E-state index in [4.69, 9.17) is 19.5 Å². The Morgan fingerprint density at radius 3 is 2.78 bits per heavy atom. The molecule has 96 valence electrons. The van der Waals surface area contributed by atoms with Crippen molar-refractivity contribution in [3.8, 4) is 17.6 Å². The number of rotatable bonds is 4. The summed E-state index contributed by atoms with van der Waals surface area (Å²) in [5, 5.41) is 8.68. The Morgan fingerprint density at radius 1 is 1.33 bits per heavy atom. The van der Waals surface area contributed by atoms with E-state index in [1.54, 1.807) is 7.11 Å². The molecule has 1 aromatic rings. The zero-order valence-corrected chi connectivity index (χ0v) is 10.5. The molecule has 0 saturated carbocycles. The standard InChI is InChI=1S/C14H17NO3/c1-16-14-10-11(4-7-15)2-3-13(14)18-12-5-8-17-9-6-12/h2-3,10,12H,4-6,8-9H2,1H3. The van der Waals surface area contributed by atoms with Crippen LogP contribution in [0.5, 0.6) is 11.5 Å². The Balaban J connectivity index is 2.09. The van der Waals surface area contributed by atoms with Gasteiger partial charge in [-0.05, 0) is 17.7 Å². The summed E-state index contributed by atoms with van der Waals surface area (Å²) in [4.78, 5) is 0. The van der Waals surface area contributed by atoms with Gasteiger partial charge in [0, 0.05) is 12.8 Å². The molecule has 1 saturated heterocycles. The maximum absolute atomic E-state index is 8.68. The van der Waals surface area contributed by atoms with E-state index >= 15 is 0 Å². The molecule has 0 atom stereocenters. The van der Waals surface area contributed by atoms with Crippen LogP contribution in [0, 0.1) is 11.3 Å². The molecule has 4 nitrogen and oxygen atoms in total. The van der Waals surface area contributed by atoms with Gasteiger partial charge in [0.05, 0.1) is 32.8 Å². The van der Waals surface area contributed by atoms with Crippen molar-refractivity contribution in [3.63, 3.8) is 0 Å². The minimum Gasteiger partial charge on any atom is -0.493 e. The van der Waals surface area contributed by atoms with E-state index in [0.717, 1.165) is 37.4 Å². The second-order valence-corrected chi connectivity index (χ2v) is 4.25. The highest BCUT2D eigenvalue weighted by molar-refractivity contribution is 5.43. The predicted octanol–water partition coefficient (Wildman–Crippen LogP) is 2.32. The van der Waals surface area contributed by atoms with E-state index in [0.29, 0.717) is 12.2 Å². The van der Waals surface area contributed by atoms with Gasteiger partial charge in [-0.1, -0.05) is 6.07 Å². The molecule has 1 aliphatic heterocycles. The zero-order valence-electron chi connectivity index (χ0n) is 10.5. The fraction of sp³-hybridized carbons (Fsp3) is 0.500. The average Bonchev–Trinajstić information content (AvgIpc) is 2.42. The van der Waals surface area contributed by atoms with Gasteiger partial charge in [0.15, 0.2) is 11.5 Å². The second-order valence-electron chi connectivity index (χ2n) is 4.25. The summed E-state index contributed by atoms with van der Waals surface area (Å²) in [5.41, 5.74) is 0.939.